The number of aromatic nitrogens is 4. The Morgan fingerprint density at radius 3 is 2.45 bits per heavy atom. The number of hydrogen-bond donors (Lipinski definition) is 0. The van der Waals surface area contributed by atoms with Crippen molar-refractivity contribution in [2.24, 2.45) is 0 Å². The normalized spacial score (nSPS) is 12.9. The lowest BCUT2D eigenvalue weighted by Gasteiger charge is -2.31. The number of carbonyl (C=O) groups excluding carboxylic acids is 1. The third-order valence-corrected chi connectivity index (χ3v) is 6.90. The summed E-state index contributed by atoms with van der Waals surface area (Å²) in [6.07, 6.45) is -4.52. The molecular weight excluding hydrogens is 471 g/mol. The third kappa shape index (κ3) is 4.21. The van der Waals surface area contributed by atoms with Gasteiger partial charge in [0, 0.05) is 9.79 Å². The summed E-state index contributed by atoms with van der Waals surface area (Å²) in [6, 6.07) is 19.8. The number of para-hydroxylation sites is 2. The van der Waals surface area contributed by atoms with E-state index in [4.69, 9.17) is 0 Å². The standard InChI is InChI=1S/C22H14F3N5OS2/c23-22(24,25)14-10-11-19-17(12-14)29(16-8-4-5-9-18(16)33-19)20(31)13-32-21-26-27-28-30(21)15-6-2-1-3-7-15/h1-12H,13H2. The lowest BCUT2D eigenvalue weighted by atomic mass is 10.1. The predicted octanol–water partition coefficient (Wildman–Crippen LogP) is 5.60. The van der Waals surface area contributed by atoms with E-state index >= 15 is 0 Å². The first-order valence-electron chi connectivity index (χ1n) is 9.69. The summed E-state index contributed by atoms with van der Waals surface area (Å²) in [4.78, 5) is 16.1. The van der Waals surface area contributed by atoms with Crippen LogP contribution in [0.1, 0.15) is 5.56 Å². The molecule has 0 bridgehead atoms. The molecule has 0 spiro atoms. The molecular formula is C22H14F3N5OS2. The van der Waals surface area contributed by atoms with Gasteiger partial charge in [0.1, 0.15) is 0 Å². The monoisotopic (exact) mass is 485 g/mol. The molecule has 0 aliphatic carbocycles. The van der Waals surface area contributed by atoms with Gasteiger partial charge in [0.15, 0.2) is 0 Å². The quantitative estimate of drug-likeness (QED) is 0.351. The van der Waals surface area contributed by atoms with Crippen LogP contribution in [0.2, 0.25) is 0 Å². The molecule has 166 valence electrons. The fourth-order valence-corrected chi connectivity index (χ4v) is 5.17. The highest BCUT2D eigenvalue weighted by atomic mass is 32.2. The highest BCUT2D eigenvalue weighted by Crippen LogP contribution is 2.49. The summed E-state index contributed by atoms with van der Waals surface area (Å²) in [7, 11) is 0. The zero-order valence-corrected chi connectivity index (χ0v) is 18.4. The van der Waals surface area contributed by atoms with Crippen molar-refractivity contribution >= 4 is 40.8 Å². The summed E-state index contributed by atoms with van der Waals surface area (Å²) in [5.41, 5.74) is 0.682. The minimum Gasteiger partial charge on any atom is -0.278 e. The molecule has 1 aliphatic rings. The van der Waals surface area contributed by atoms with Gasteiger partial charge >= 0.3 is 6.18 Å². The van der Waals surface area contributed by atoms with Crippen molar-refractivity contribution in [2.75, 3.05) is 10.7 Å². The van der Waals surface area contributed by atoms with Crippen LogP contribution in [0.25, 0.3) is 5.69 Å². The van der Waals surface area contributed by atoms with E-state index in [0.717, 1.165) is 34.5 Å². The summed E-state index contributed by atoms with van der Waals surface area (Å²) < 4.78 is 41.7. The molecule has 4 aromatic rings. The molecule has 0 saturated carbocycles. The number of halogens is 3. The molecule has 0 radical (unpaired) electrons. The molecule has 0 saturated heterocycles. The van der Waals surface area contributed by atoms with Gasteiger partial charge in [-0.05, 0) is 52.9 Å². The van der Waals surface area contributed by atoms with Crippen LogP contribution in [0.5, 0.6) is 0 Å². The number of tetrazole rings is 1. The fourth-order valence-electron chi connectivity index (χ4n) is 3.39. The number of amides is 1. The Morgan fingerprint density at radius 2 is 1.67 bits per heavy atom. The first-order valence-corrected chi connectivity index (χ1v) is 11.5. The zero-order valence-electron chi connectivity index (χ0n) is 16.7. The topological polar surface area (TPSA) is 63.9 Å². The lowest BCUT2D eigenvalue weighted by molar-refractivity contribution is -0.137. The van der Waals surface area contributed by atoms with Crippen molar-refractivity contribution in [2.45, 2.75) is 21.1 Å². The first-order chi connectivity index (χ1) is 15.9. The van der Waals surface area contributed by atoms with Gasteiger partial charge in [-0.25, -0.2) is 0 Å². The first kappa shape index (κ1) is 21.5. The number of hydrogen-bond acceptors (Lipinski definition) is 6. The Hall–Kier alpha value is -3.31. The summed E-state index contributed by atoms with van der Waals surface area (Å²) in [6.45, 7) is 0. The maximum Gasteiger partial charge on any atom is 0.416 e. The zero-order chi connectivity index (χ0) is 23.0. The smallest absolute Gasteiger partial charge is 0.278 e. The molecule has 2 heterocycles. The van der Waals surface area contributed by atoms with Gasteiger partial charge in [0.2, 0.25) is 11.1 Å². The van der Waals surface area contributed by atoms with E-state index < -0.39 is 11.7 Å². The highest BCUT2D eigenvalue weighted by Gasteiger charge is 2.35. The largest absolute Gasteiger partial charge is 0.416 e. The van der Waals surface area contributed by atoms with E-state index in [1.54, 1.807) is 12.1 Å². The average molecular weight is 486 g/mol. The minimum absolute atomic E-state index is 0.0676. The Kier molecular flexibility index (Phi) is 5.59. The van der Waals surface area contributed by atoms with Crippen molar-refractivity contribution in [3.05, 3.63) is 78.4 Å². The summed E-state index contributed by atoms with van der Waals surface area (Å²) in [5, 5.41) is 12.0. The molecule has 3 aromatic carbocycles. The Bertz CT molecular complexity index is 1330. The average Bonchev–Trinajstić information content (AvgIpc) is 3.29. The summed E-state index contributed by atoms with van der Waals surface area (Å²) >= 11 is 2.45. The molecule has 0 unspecified atom stereocenters. The van der Waals surface area contributed by atoms with Crippen LogP contribution in [0.4, 0.5) is 24.5 Å². The second kappa shape index (κ2) is 8.56. The third-order valence-electron chi connectivity index (χ3n) is 4.87. The Morgan fingerprint density at radius 1 is 0.939 bits per heavy atom. The molecule has 0 N–H and O–H groups in total. The molecule has 0 atom stereocenters. The van der Waals surface area contributed by atoms with Gasteiger partial charge in [0.05, 0.1) is 28.4 Å². The van der Waals surface area contributed by atoms with Crippen molar-refractivity contribution in [3.8, 4) is 5.69 Å². The number of nitrogens with zero attached hydrogens (tertiary/aromatic N) is 5. The van der Waals surface area contributed by atoms with Crippen LogP contribution < -0.4 is 4.90 Å². The Labute approximate surface area is 194 Å². The number of fused-ring (bicyclic) bond motifs is 2. The second-order valence-electron chi connectivity index (χ2n) is 6.98. The molecule has 1 aliphatic heterocycles. The van der Waals surface area contributed by atoms with Gasteiger partial charge in [0.25, 0.3) is 0 Å². The SMILES string of the molecule is O=C(CSc1nnnn1-c1ccccc1)N1c2ccccc2Sc2ccc(C(F)(F)F)cc21. The highest BCUT2D eigenvalue weighted by molar-refractivity contribution is 8.00. The predicted molar refractivity (Wildman–Crippen MR) is 119 cm³/mol. The molecule has 0 fully saturated rings. The number of carbonyl (C=O) groups is 1. The second-order valence-corrected chi connectivity index (χ2v) is 9.00. The van der Waals surface area contributed by atoms with E-state index in [-0.39, 0.29) is 17.3 Å². The molecule has 1 amide bonds. The molecule has 33 heavy (non-hydrogen) atoms. The van der Waals surface area contributed by atoms with Crippen molar-refractivity contribution in [1.82, 2.24) is 20.2 Å². The van der Waals surface area contributed by atoms with Gasteiger partial charge in [-0.3, -0.25) is 9.69 Å². The van der Waals surface area contributed by atoms with Gasteiger partial charge in [-0.2, -0.15) is 17.9 Å². The minimum atomic E-state index is -4.52. The Balaban J connectivity index is 1.47. The number of benzene rings is 3. The van der Waals surface area contributed by atoms with Crippen LogP contribution in [-0.2, 0) is 11.0 Å². The lowest BCUT2D eigenvalue weighted by Crippen LogP contribution is -2.30. The van der Waals surface area contributed by atoms with Gasteiger partial charge in [-0.15, -0.1) is 5.10 Å². The van der Waals surface area contributed by atoms with Gasteiger partial charge in [-0.1, -0.05) is 53.9 Å². The molecule has 5 rings (SSSR count). The molecule has 1 aromatic heterocycles. The number of thioether (sulfide) groups is 1. The number of rotatable bonds is 4. The maximum absolute atomic E-state index is 13.4. The number of anilines is 2. The van der Waals surface area contributed by atoms with Crippen LogP contribution >= 0.6 is 23.5 Å². The molecule has 6 nitrogen and oxygen atoms in total. The van der Waals surface area contributed by atoms with E-state index in [1.807, 2.05) is 42.5 Å². The van der Waals surface area contributed by atoms with Crippen molar-refractivity contribution < 1.29 is 18.0 Å². The van der Waals surface area contributed by atoms with Crippen LogP contribution in [0, 0.1) is 0 Å². The van der Waals surface area contributed by atoms with Crippen LogP contribution in [0.15, 0.2) is 87.7 Å². The van der Waals surface area contributed by atoms with Crippen LogP contribution in [-0.4, -0.2) is 31.9 Å². The molecule has 11 heteroatoms. The van der Waals surface area contributed by atoms with E-state index in [0.29, 0.717) is 15.7 Å². The van der Waals surface area contributed by atoms with E-state index in [9.17, 15) is 18.0 Å². The van der Waals surface area contributed by atoms with Crippen molar-refractivity contribution in [3.63, 3.8) is 0 Å². The van der Waals surface area contributed by atoms with Gasteiger partial charge < -0.3 is 0 Å². The van der Waals surface area contributed by atoms with E-state index in [1.165, 1.54) is 27.4 Å². The fraction of sp³-hybridized carbons (Fsp3) is 0.0909. The van der Waals surface area contributed by atoms with E-state index in [2.05, 4.69) is 15.5 Å². The summed E-state index contributed by atoms with van der Waals surface area (Å²) in [5.74, 6) is -0.446. The maximum atomic E-state index is 13.4. The van der Waals surface area contributed by atoms with Crippen molar-refractivity contribution in [1.29, 1.82) is 0 Å². The number of alkyl halides is 3. The van der Waals surface area contributed by atoms with Crippen LogP contribution in [0.3, 0.4) is 0 Å².